The number of carbonyl (C=O) groups is 1. The molecule has 0 atom stereocenters. The fraction of sp³-hybridized carbons (Fsp3) is 0.250. The monoisotopic (exact) mass is 385 g/mol. The second-order valence-corrected chi connectivity index (χ2v) is 5.79. The third-order valence-corrected chi connectivity index (χ3v) is 3.34. The van der Waals surface area contributed by atoms with Gasteiger partial charge >= 0.3 is 12.5 Å². The Morgan fingerprint density at radius 1 is 1.22 bits per heavy atom. The number of alkyl halides is 3. The van der Waals surface area contributed by atoms with E-state index in [0.29, 0.717) is 5.56 Å². The Hall–Kier alpha value is -3.37. The highest BCUT2D eigenvalue weighted by molar-refractivity contribution is 6.00. The van der Waals surface area contributed by atoms with Crippen molar-refractivity contribution in [1.29, 1.82) is 0 Å². The van der Waals surface area contributed by atoms with Crippen molar-refractivity contribution in [3.63, 3.8) is 0 Å². The maximum absolute atomic E-state index is 12.3. The lowest BCUT2D eigenvalue weighted by Gasteiger charge is -2.30. The number of carbonyl (C=O) groups excluding carboxylic acids is 1. The Morgan fingerprint density at radius 2 is 1.93 bits per heavy atom. The Labute approximate surface area is 151 Å². The molecule has 1 aliphatic rings. The highest BCUT2D eigenvalue weighted by Gasteiger charge is 2.40. The molecule has 1 N–H and O–H groups in total. The Bertz CT molecular complexity index is 832. The lowest BCUT2D eigenvalue weighted by Crippen LogP contribution is -2.55. The molecule has 3 rings (SSSR count). The first-order chi connectivity index (χ1) is 12.6. The van der Waals surface area contributed by atoms with Gasteiger partial charge in [0.25, 0.3) is 5.95 Å². The van der Waals surface area contributed by atoms with Crippen molar-refractivity contribution >= 4 is 11.9 Å². The van der Waals surface area contributed by atoms with Crippen LogP contribution in [-0.4, -0.2) is 29.0 Å². The van der Waals surface area contributed by atoms with Gasteiger partial charge < -0.3 is 18.7 Å². The number of halogens is 3. The number of hydrogen-bond donors (Lipinski definition) is 1. The second-order valence-electron chi connectivity index (χ2n) is 5.79. The molecule has 0 radical (unpaired) electrons. The first kappa shape index (κ1) is 18.4. The van der Waals surface area contributed by atoms with Crippen molar-refractivity contribution in [3.05, 3.63) is 48.2 Å². The van der Waals surface area contributed by atoms with E-state index >= 15 is 0 Å². The van der Waals surface area contributed by atoms with E-state index in [4.69, 9.17) is 14.0 Å². The number of benzene rings is 1. The van der Waals surface area contributed by atoms with Crippen LogP contribution in [0.2, 0.25) is 0 Å². The van der Waals surface area contributed by atoms with Crippen LogP contribution < -0.4 is 14.9 Å². The molecule has 2 aromatic rings. The number of amidine groups is 1. The highest BCUT2D eigenvalue weighted by atomic mass is 19.4. The molecule has 1 aliphatic heterocycles. The van der Waals surface area contributed by atoms with Crippen LogP contribution in [0.4, 0.5) is 18.0 Å². The lowest BCUT2D eigenvalue weighted by molar-refractivity contribution is -0.274. The lowest BCUT2D eigenvalue weighted by atomic mass is 10.1. The minimum absolute atomic E-state index is 0.0161. The molecule has 0 saturated carbocycles. The molecule has 27 heavy (non-hydrogen) atoms. The number of oxime groups is 1. The molecule has 1 aromatic heterocycles. The van der Waals surface area contributed by atoms with Crippen LogP contribution in [0.15, 0.2) is 52.2 Å². The van der Waals surface area contributed by atoms with Crippen LogP contribution in [-0.2, 0) is 4.84 Å². The van der Waals surface area contributed by atoms with Crippen molar-refractivity contribution in [1.82, 2.24) is 10.4 Å². The molecule has 8 nitrogen and oxygen atoms in total. The molecule has 0 spiro atoms. The fourth-order valence-corrected chi connectivity index (χ4v) is 2.19. The molecule has 0 aliphatic carbocycles. The summed E-state index contributed by atoms with van der Waals surface area (Å²) < 4.78 is 50.5. The zero-order valence-corrected chi connectivity index (χ0v) is 14.1. The van der Waals surface area contributed by atoms with Crippen LogP contribution in [0, 0.1) is 0 Å². The SMILES string of the molecule is CC1(C)ON=C(c2ccc(OC(F)(F)F)cc2)N1NC(=O)Oc1ccco1. The average Bonchev–Trinajstić information content (AvgIpc) is 3.16. The van der Waals surface area contributed by atoms with Gasteiger partial charge in [-0.1, -0.05) is 5.16 Å². The molecular weight excluding hydrogens is 371 g/mol. The third kappa shape index (κ3) is 4.43. The molecule has 144 valence electrons. The van der Waals surface area contributed by atoms with Crippen LogP contribution in [0.25, 0.3) is 0 Å². The van der Waals surface area contributed by atoms with E-state index in [9.17, 15) is 18.0 Å². The van der Waals surface area contributed by atoms with Gasteiger partial charge in [0.15, 0.2) is 5.84 Å². The number of hydrazine groups is 1. The minimum Gasteiger partial charge on any atom is -0.434 e. The van der Waals surface area contributed by atoms with Crippen molar-refractivity contribution in [2.45, 2.75) is 25.9 Å². The summed E-state index contributed by atoms with van der Waals surface area (Å²) in [5.41, 5.74) is 1.77. The van der Waals surface area contributed by atoms with Gasteiger partial charge in [0.2, 0.25) is 5.72 Å². The summed E-state index contributed by atoms with van der Waals surface area (Å²) in [4.78, 5) is 17.3. The number of furan rings is 1. The van der Waals surface area contributed by atoms with Crippen LogP contribution in [0.3, 0.4) is 0 Å². The number of amides is 1. The summed E-state index contributed by atoms with van der Waals surface area (Å²) in [6.45, 7) is 3.25. The minimum atomic E-state index is -4.79. The molecule has 0 bridgehead atoms. The Balaban J connectivity index is 1.74. The quantitative estimate of drug-likeness (QED) is 0.866. The summed E-state index contributed by atoms with van der Waals surface area (Å²) in [7, 11) is 0. The largest absolute Gasteiger partial charge is 0.573 e. The molecular formula is C16H14F3N3O5. The molecule has 0 saturated heterocycles. The van der Waals surface area contributed by atoms with E-state index in [1.54, 1.807) is 19.9 Å². The number of ether oxygens (including phenoxy) is 2. The van der Waals surface area contributed by atoms with E-state index in [1.807, 2.05) is 0 Å². The Morgan fingerprint density at radius 3 is 2.52 bits per heavy atom. The van der Waals surface area contributed by atoms with E-state index in [1.165, 1.54) is 29.5 Å². The van der Waals surface area contributed by atoms with E-state index < -0.39 is 18.2 Å². The smallest absolute Gasteiger partial charge is 0.434 e. The van der Waals surface area contributed by atoms with Gasteiger partial charge in [-0.2, -0.15) is 0 Å². The number of nitrogens with one attached hydrogen (secondary N) is 1. The van der Waals surface area contributed by atoms with E-state index in [-0.39, 0.29) is 17.5 Å². The van der Waals surface area contributed by atoms with Crippen LogP contribution in [0.1, 0.15) is 19.4 Å². The summed E-state index contributed by atoms with van der Waals surface area (Å²) >= 11 is 0. The number of hydrogen-bond acceptors (Lipinski definition) is 7. The Kier molecular flexibility index (Phi) is 4.60. The molecule has 1 amide bonds. The standard InChI is InChI=1S/C16H14F3N3O5/c1-15(2)22(20-14(23)25-12-4-3-9-24-12)13(21-27-15)10-5-7-11(8-6-10)26-16(17,18)19/h3-9H,1-2H3,(H,20,23). The van der Waals surface area contributed by atoms with Crippen LogP contribution >= 0.6 is 0 Å². The predicted molar refractivity (Wildman–Crippen MR) is 84.5 cm³/mol. The van der Waals surface area contributed by atoms with Gasteiger partial charge in [0.05, 0.1) is 6.26 Å². The summed E-state index contributed by atoms with van der Waals surface area (Å²) in [5.74, 6) is -0.241. The summed E-state index contributed by atoms with van der Waals surface area (Å²) in [5, 5.41) is 5.16. The topological polar surface area (TPSA) is 85.5 Å². The van der Waals surface area contributed by atoms with Gasteiger partial charge in [-0.3, -0.25) is 0 Å². The van der Waals surface area contributed by atoms with Gasteiger partial charge in [-0.05, 0) is 44.2 Å². The third-order valence-electron chi connectivity index (χ3n) is 3.34. The normalized spacial score (nSPS) is 15.7. The van der Waals surface area contributed by atoms with Gasteiger partial charge in [-0.15, -0.1) is 13.2 Å². The zero-order valence-electron chi connectivity index (χ0n) is 14.1. The molecule has 11 heteroatoms. The average molecular weight is 385 g/mol. The molecule has 1 aromatic carbocycles. The highest BCUT2D eigenvalue weighted by Crippen LogP contribution is 2.27. The van der Waals surface area contributed by atoms with Crippen molar-refractivity contribution in [2.75, 3.05) is 0 Å². The molecule has 0 unspecified atom stereocenters. The maximum atomic E-state index is 12.3. The second kappa shape index (κ2) is 6.74. The number of nitrogens with zero attached hydrogens (tertiary/aromatic N) is 2. The molecule has 2 heterocycles. The van der Waals surface area contributed by atoms with Crippen molar-refractivity contribution in [2.24, 2.45) is 5.16 Å². The number of rotatable bonds is 4. The maximum Gasteiger partial charge on any atom is 0.573 e. The van der Waals surface area contributed by atoms with Crippen molar-refractivity contribution in [3.8, 4) is 11.7 Å². The van der Waals surface area contributed by atoms with E-state index in [0.717, 1.165) is 12.1 Å². The van der Waals surface area contributed by atoms with Gasteiger partial charge in [-0.25, -0.2) is 15.2 Å². The fourth-order valence-electron chi connectivity index (χ4n) is 2.19. The van der Waals surface area contributed by atoms with E-state index in [2.05, 4.69) is 15.3 Å². The first-order valence-corrected chi connectivity index (χ1v) is 7.59. The first-order valence-electron chi connectivity index (χ1n) is 7.59. The predicted octanol–water partition coefficient (Wildman–Crippen LogP) is 3.61. The molecule has 0 fully saturated rings. The zero-order chi connectivity index (χ0) is 19.7. The summed E-state index contributed by atoms with van der Waals surface area (Å²) in [6.07, 6.45) is -4.32. The van der Waals surface area contributed by atoms with Gasteiger partial charge in [0.1, 0.15) is 5.75 Å². The summed E-state index contributed by atoms with van der Waals surface area (Å²) in [6, 6.07) is 7.92. The van der Waals surface area contributed by atoms with Crippen LogP contribution in [0.5, 0.6) is 11.7 Å². The van der Waals surface area contributed by atoms with Crippen molar-refractivity contribution < 1.29 is 36.7 Å². The van der Waals surface area contributed by atoms with Gasteiger partial charge in [0, 0.05) is 11.6 Å².